The summed E-state index contributed by atoms with van der Waals surface area (Å²) in [5, 5.41) is 22.7. The predicted molar refractivity (Wildman–Crippen MR) is 74.1 cm³/mol. The number of nitro benzene ring substituents is 1. The molecule has 0 amide bonds. The molecule has 0 atom stereocenters. The van der Waals surface area contributed by atoms with Crippen molar-refractivity contribution in [3.05, 3.63) is 33.9 Å². The van der Waals surface area contributed by atoms with Crippen molar-refractivity contribution < 1.29 is 4.92 Å². The van der Waals surface area contributed by atoms with Crippen LogP contribution in [0.1, 0.15) is 18.4 Å². The number of rotatable bonds is 7. The quantitative estimate of drug-likeness (QED) is 0.463. The van der Waals surface area contributed by atoms with Gasteiger partial charge in [-0.15, -0.1) is 0 Å². The molecule has 0 saturated heterocycles. The number of unbranched alkanes of at least 4 members (excludes halogenated alkanes) is 1. The van der Waals surface area contributed by atoms with Crippen molar-refractivity contribution in [3.63, 3.8) is 0 Å². The standard InChI is InChI=1S/C13H18N4O2/c1-16(2)8-4-3-7-15-12-6-5-11(10-14)9-13(12)17(18)19/h5-6,9,15H,3-4,7-8H2,1-2H3. The average molecular weight is 262 g/mol. The number of hydrogen-bond acceptors (Lipinski definition) is 5. The van der Waals surface area contributed by atoms with Gasteiger partial charge in [-0.2, -0.15) is 5.26 Å². The van der Waals surface area contributed by atoms with Crippen LogP contribution in [-0.2, 0) is 0 Å². The zero-order valence-electron chi connectivity index (χ0n) is 11.2. The summed E-state index contributed by atoms with van der Waals surface area (Å²) in [7, 11) is 4.03. The molecule has 6 nitrogen and oxygen atoms in total. The van der Waals surface area contributed by atoms with Crippen LogP contribution in [0, 0.1) is 21.4 Å². The maximum absolute atomic E-state index is 10.9. The molecule has 6 heteroatoms. The topological polar surface area (TPSA) is 82.2 Å². The van der Waals surface area contributed by atoms with Crippen molar-refractivity contribution in [2.45, 2.75) is 12.8 Å². The molecular weight excluding hydrogens is 244 g/mol. The molecule has 0 aliphatic carbocycles. The first-order valence-corrected chi connectivity index (χ1v) is 6.11. The van der Waals surface area contributed by atoms with E-state index < -0.39 is 4.92 Å². The van der Waals surface area contributed by atoms with Crippen molar-refractivity contribution in [1.29, 1.82) is 5.26 Å². The molecule has 102 valence electrons. The molecule has 0 aromatic heterocycles. The lowest BCUT2D eigenvalue weighted by atomic mass is 10.2. The van der Waals surface area contributed by atoms with E-state index in [4.69, 9.17) is 5.26 Å². The Morgan fingerprint density at radius 1 is 1.42 bits per heavy atom. The van der Waals surface area contributed by atoms with E-state index in [0.29, 0.717) is 17.8 Å². The highest BCUT2D eigenvalue weighted by molar-refractivity contribution is 5.63. The van der Waals surface area contributed by atoms with Crippen LogP contribution in [0.4, 0.5) is 11.4 Å². The minimum absolute atomic E-state index is 0.0494. The van der Waals surface area contributed by atoms with Crippen molar-refractivity contribution in [2.24, 2.45) is 0 Å². The van der Waals surface area contributed by atoms with Crippen LogP contribution < -0.4 is 5.32 Å². The molecule has 1 rings (SSSR count). The Balaban J connectivity index is 2.58. The van der Waals surface area contributed by atoms with Gasteiger partial charge in [0.25, 0.3) is 5.69 Å². The molecule has 0 aliphatic rings. The molecule has 0 unspecified atom stereocenters. The number of anilines is 1. The Morgan fingerprint density at radius 3 is 2.74 bits per heavy atom. The van der Waals surface area contributed by atoms with Crippen LogP contribution >= 0.6 is 0 Å². The maximum atomic E-state index is 10.9. The Kier molecular flexibility index (Phi) is 5.76. The number of nitriles is 1. The van der Waals surface area contributed by atoms with Gasteiger partial charge in [0.15, 0.2) is 0 Å². The van der Waals surface area contributed by atoms with Gasteiger partial charge < -0.3 is 10.2 Å². The molecule has 1 aromatic rings. The lowest BCUT2D eigenvalue weighted by Crippen LogP contribution is -2.14. The minimum atomic E-state index is -0.469. The van der Waals surface area contributed by atoms with E-state index in [0.717, 1.165) is 19.4 Å². The number of hydrogen-bond donors (Lipinski definition) is 1. The zero-order chi connectivity index (χ0) is 14.3. The third kappa shape index (κ3) is 4.94. The lowest BCUT2D eigenvalue weighted by molar-refractivity contribution is -0.384. The zero-order valence-corrected chi connectivity index (χ0v) is 11.2. The molecular formula is C13H18N4O2. The second-order valence-corrected chi connectivity index (χ2v) is 4.54. The summed E-state index contributed by atoms with van der Waals surface area (Å²) < 4.78 is 0. The summed E-state index contributed by atoms with van der Waals surface area (Å²) in [4.78, 5) is 12.5. The number of nitro groups is 1. The van der Waals surface area contributed by atoms with E-state index in [1.54, 1.807) is 12.1 Å². The molecule has 0 radical (unpaired) electrons. The van der Waals surface area contributed by atoms with Crippen LogP contribution in [0.3, 0.4) is 0 Å². The Hall–Kier alpha value is -2.13. The molecule has 1 N–H and O–H groups in total. The van der Waals surface area contributed by atoms with Crippen molar-refractivity contribution in [2.75, 3.05) is 32.5 Å². The molecule has 0 heterocycles. The van der Waals surface area contributed by atoms with Gasteiger partial charge >= 0.3 is 0 Å². The van der Waals surface area contributed by atoms with E-state index >= 15 is 0 Å². The smallest absolute Gasteiger partial charge is 0.293 e. The predicted octanol–water partition coefficient (Wildman–Crippen LogP) is 2.22. The molecule has 1 aromatic carbocycles. The van der Waals surface area contributed by atoms with E-state index in [1.807, 2.05) is 20.2 Å². The van der Waals surface area contributed by atoms with Crippen LogP contribution in [0.2, 0.25) is 0 Å². The summed E-state index contributed by atoms with van der Waals surface area (Å²) >= 11 is 0. The third-order valence-electron chi connectivity index (χ3n) is 2.67. The molecule has 0 fully saturated rings. The van der Waals surface area contributed by atoms with Gasteiger partial charge in [-0.25, -0.2) is 0 Å². The summed E-state index contributed by atoms with van der Waals surface area (Å²) in [6.07, 6.45) is 1.97. The number of nitrogens with zero attached hydrogens (tertiary/aromatic N) is 3. The fraction of sp³-hybridized carbons (Fsp3) is 0.462. The first kappa shape index (κ1) is 14.9. The van der Waals surface area contributed by atoms with Crippen LogP contribution in [0.15, 0.2) is 18.2 Å². The van der Waals surface area contributed by atoms with E-state index in [1.165, 1.54) is 6.07 Å². The normalized spacial score (nSPS) is 10.2. The summed E-state index contributed by atoms with van der Waals surface area (Å²) in [6.45, 7) is 1.68. The number of benzene rings is 1. The third-order valence-corrected chi connectivity index (χ3v) is 2.67. The van der Waals surface area contributed by atoms with E-state index in [2.05, 4.69) is 10.2 Å². The van der Waals surface area contributed by atoms with Crippen LogP contribution in [0.25, 0.3) is 0 Å². The van der Waals surface area contributed by atoms with Gasteiger partial charge in [-0.05, 0) is 45.6 Å². The molecule has 0 aliphatic heterocycles. The van der Waals surface area contributed by atoms with E-state index in [-0.39, 0.29) is 5.69 Å². The van der Waals surface area contributed by atoms with Gasteiger partial charge in [0, 0.05) is 12.6 Å². The van der Waals surface area contributed by atoms with Crippen molar-refractivity contribution in [1.82, 2.24) is 4.90 Å². The van der Waals surface area contributed by atoms with Gasteiger partial charge in [0.05, 0.1) is 16.6 Å². The van der Waals surface area contributed by atoms with Gasteiger partial charge in [0.1, 0.15) is 5.69 Å². The molecule has 0 saturated carbocycles. The Bertz CT molecular complexity index is 480. The van der Waals surface area contributed by atoms with Gasteiger partial charge in [0.2, 0.25) is 0 Å². The van der Waals surface area contributed by atoms with Crippen LogP contribution in [-0.4, -0.2) is 37.0 Å². The second-order valence-electron chi connectivity index (χ2n) is 4.54. The first-order chi connectivity index (χ1) is 9.04. The highest BCUT2D eigenvalue weighted by Crippen LogP contribution is 2.25. The Labute approximate surface area is 112 Å². The first-order valence-electron chi connectivity index (χ1n) is 6.11. The number of nitrogens with one attached hydrogen (secondary N) is 1. The van der Waals surface area contributed by atoms with Crippen molar-refractivity contribution in [3.8, 4) is 6.07 Å². The lowest BCUT2D eigenvalue weighted by Gasteiger charge is -2.10. The van der Waals surface area contributed by atoms with E-state index in [9.17, 15) is 10.1 Å². The highest BCUT2D eigenvalue weighted by atomic mass is 16.6. The van der Waals surface area contributed by atoms with Gasteiger partial charge in [-0.3, -0.25) is 10.1 Å². The fourth-order valence-corrected chi connectivity index (χ4v) is 1.68. The monoisotopic (exact) mass is 262 g/mol. The summed E-state index contributed by atoms with van der Waals surface area (Å²) in [5.41, 5.74) is 0.713. The maximum Gasteiger partial charge on any atom is 0.293 e. The van der Waals surface area contributed by atoms with Crippen molar-refractivity contribution >= 4 is 11.4 Å². The van der Waals surface area contributed by atoms with Gasteiger partial charge in [-0.1, -0.05) is 0 Å². The van der Waals surface area contributed by atoms with Crippen LogP contribution in [0.5, 0.6) is 0 Å². The Morgan fingerprint density at radius 2 is 2.16 bits per heavy atom. The average Bonchev–Trinajstić information content (AvgIpc) is 2.38. The molecule has 0 bridgehead atoms. The molecule has 19 heavy (non-hydrogen) atoms. The SMILES string of the molecule is CN(C)CCCCNc1ccc(C#N)cc1[N+](=O)[O-]. The summed E-state index contributed by atoms with van der Waals surface area (Å²) in [5.74, 6) is 0. The summed E-state index contributed by atoms with van der Waals surface area (Å²) in [6, 6.07) is 6.36. The minimum Gasteiger partial charge on any atom is -0.379 e. The fourth-order valence-electron chi connectivity index (χ4n) is 1.68. The second kappa shape index (κ2) is 7.34. The molecule has 0 spiro atoms. The largest absolute Gasteiger partial charge is 0.379 e. The highest BCUT2D eigenvalue weighted by Gasteiger charge is 2.13.